The smallest absolute Gasteiger partial charge is 0.254 e. The lowest BCUT2D eigenvalue weighted by atomic mass is 10.1. The summed E-state index contributed by atoms with van der Waals surface area (Å²) in [5.41, 5.74) is 1.59. The van der Waals surface area contributed by atoms with Gasteiger partial charge in [-0.3, -0.25) is 9.59 Å². The summed E-state index contributed by atoms with van der Waals surface area (Å²) in [4.78, 5) is 29.9. The van der Waals surface area contributed by atoms with Crippen LogP contribution in [0.3, 0.4) is 0 Å². The first-order chi connectivity index (χ1) is 12.1. The highest BCUT2D eigenvalue weighted by Gasteiger charge is 2.21. The Morgan fingerprint density at radius 2 is 2.12 bits per heavy atom. The summed E-state index contributed by atoms with van der Waals surface area (Å²) in [5.74, 6) is 0.487. The number of benzene rings is 1. The van der Waals surface area contributed by atoms with Crippen molar-refractivity contribution < 1.29 is 9.59 Å². The van der Waals surface area contributed by atoms with E-state index in [4.69, 9.17) is 0 Å². The third-order valence-corrected chi connectivity index (χ3v) is 3.70. The number of rotatable bonds is 6. The highest BCUT2D eigenvalue weighted by atomic mass is 16.2. The van der Waals surface area contributed by atoms with Crippen LogP contribution in [0.1, 0.15) is 22.8 Å². The van der Waals surface area contributed by atoms with E-state index in [1.807, 2.05) is 19.1 Å². The molecule has 0 unspecified atom stereocenters. The molecule has 134 valence electrons. The Labute approximate surface area is 148 Å². The van der Waals surface area contributed by atoms with Crippen molar-refractivity contribution >= 4 is 17.8 Å². The lowest BCUT2D eigenvalue weighted by Gasteiger charge is -2.26. The molecular weight excluding hydrogens is 318 g/mol. The summed E-state index contributed by atoms with van der Waals surface area (Å²) in [6, 6.07) is 7.34. The average Bonchev–Trinajstić information content (AvgIpc) is 2.64. The maximum absolute atomic E-state index is 12.4. The Hall–Kier alpha value is -2.83. The first kappa shape index (κ1) is 18.5. The first-order valence-electron chi connectivity index (χ1n) is 8.42. The van der Waals surface area contributed by atoms with Crippen molar-refractivity contribution in [2.24, 2.45) is 4.99 Å². The van der Waals surface area contributed by atoms with E-state index >= 15 is 0 Å². The number of carbonyl (C=O) groups is 2. The minimum Gasteiger partial charge on any atom is -0.357 e. The number of guanidine groups is 1. The molecule has 0 atom stereocenters. The number of piperazine rings is 1. The van der Waals surface area contributed by atoms with Crippen LogP contribution in [-0.2, 0) is 11.3 Å². The number of carbonyl (C=O) groups excluding carboxylic acids is 2. The van der Waals surface area contributed by atoms with Gasteiger partial charge in [-0.05, 0) is 24.6 Å². The number of aliphatic imine (C=N–C) groups is 1. The quantitative estimate of drug-likeness (QED) is 0.399. The van der Waals surface area contributed by atoms with Gasteiger partial charge in [0, 0.05) is 31.7 Å². The normalized spacial score (nSPS) is 14.7. The van der Waals surface area contributed by atoms with Crippen LogP contribution in [0.2, 0.25) is 0 Å². The van der Waals surface area contributed by atoms with Gasteiger partial charge in [0.05, 0.1) is 13.1 Å². The molecule has 0 aliphatic carbocycles. The van der Waals surface area contributed by atoms with Gasteiger partial charge >= 0.3 is 0 Å². The third-order valence-electron chi connectivity index (χ3n) is 3.70. The summed E-state index contributed by atoms with van der Waals surface area (Å²) in [6.07, 6.45) is 1.77. The molecule has 1 fully saturated rings. The van der Waals surface area contributed by atoms with Crippen LogP contribution in [0.5, 0.6) is 0 Å². The Bertz CT molecular complexity index is 639. The number of hydrogen-bond donors (Lipinski definition) is 3. The van der Waals surface area contributed by atoms with Crippen LogP contribution in [0.4, 0.5) is 0 Å². The summed E-state index contributed by atoms with van der Waals surface area (Å²) >= 11 is 0. The maximum atomic E-state index is 12.4. The molecular formula is C18H25N5O2. The van der Waals surface area contributed by atoms with Crippen LogP contribution >= 0.6 is 0 Å². The first-order valence-corrected chi connectivity index (χ1v) is 8.42. The van der Waals surface area contributed by atoms with Gasteiger partial charge in [0.25, 0.3) is 5.91 Å². The maximum Gasteiger partial charge on any atom is 0.254 e. The van der Waals surface area contributed by atoms with Crippen LogP contribution in [-0.4, -0.2) is 55.4 Å². The van der Waals surface area contributed by atoms with Gasteiger partial charge in [0.15, 0.2) is 5.96 Å². The average molecular weight is 343 g/mol. The molecule has 1 aromatic carbocycles. The molecule has 1 saturated heterocycles. The SMILES string of the molecule is C=CCNC(=NCc1ccc(C(=O)N2CCNC(=O)C2)cc1)NCC. The molecule has 0 saturated carbocycles. The monoisotopic (exact) mass is 343 g/mol. The van der Waals surface area contributed by atoms with E-state index in [0.717, 1.165) is 18.1 Å². The lowest BCUT2D eigenvalue weighted by Crippen LogP contribution is -2.49. The highest BCUT2D eigenvalue weighted by molar-refractivity contribution is 5.97. The van der Waals surface area contributed by atoms with Gasteiger partial charge in [0.2, 0.25) is 5.91 Å². The fourth-order valence-corrected chi connectivity index (χ4v) is 2.43. The zero-order valence-electron chi connectivity index (χ0n) is 14.5. The zero-order valence-corrected chi connectivity index (χ0v) is 14.5. The molecule has 7 nitrogen and oxygen atoms in total. The number of nitrogens with one attached hydrogen (secondary N) is 3. The van der Waals surface area contributed by atoms with Crippen molar-refractivity contribution in [3.8, 4) is 0 Å². The molecule has 7 heteroatoms. The molecule has 25 heavy (non-hydrogen) atoms. The van der Waals surface area contributed by atoms with Crippen molar-refractivity contribution in [1.82, 2.24) is 20.9 Å². The topological polar surface area (TPSA) is 85.8 Å². The minimum atomic E-state index is -0.120. The number of nitrogens with zero attached hydrogens (tertiary/aromatic N) is 2. The molecule has 0 bridgehead atoms. The Morgan fingerprint density at radius 3 is 2.76 bits per heavy atom. The molecule has 0 aromatic heterocycles. The molecule has 0 radical (unpaired) electrons. The largest absolute Gasteiger partial charge is 0.357 e. The minimum absolute atomic E-state index is 0.117. The predicted molar refractivity (Wildman–Crippen MR) is 98.4 cm³/mol. The highest BCUT2D eigenvalue weighted by Crippen LogP contribution is 2.09. The molecule has 1 aromatic rings. The molecule has 1 aliphatic rings. The van der Waals surface area contributed by atoms with Crippen molar-refractivity contribution in [3.63, 3.8) is 0 Å². The van der Waals surface area contributed by atoms with Crippen LogP contribution in [0.15, 0.2) is 41.9 Å². The van der Waals surface area contributed by atoms with Gasteiger partial charge < -0.3 is 20.9 Å². The van der Waals surface area contributed by atoms with Crippen molar-refractivity contribution in [2.75, 3.05) is 32.7 Å². The van der Waals surface area contributed by atoms with Gasteiger partial charge in [0.1, 0.15) is 0 Å². The van der Waals surface area contributed by atoms with Crippen LogP contribution < -0.4 is 16.0 Å². The van der Waals surface area contributed by atoms with E-state index in [9.17, 15) is 9.59 Å². The lowest BCUT2D eigenvalue weighted by molar-refractivity contribution is -0.123. The van der Waals surface area contributed by atoms with Crippen molar-refractivity contribution in [2.45, 2.75) is 13.5 Å². The fourth-order valence-electron chi connectivity index (χ4n) is 2.43. The fraction of sp³-hybridized carbons (Fsp3) is 0.389. The second-order valence-corrected chi connectivity index (χ2v) is 5.64. The second-order valence-electron chi connectivity index (χ2n) is 5.64. The summed E-state index contributed by atoms with van der Waals surface area (Å²) in [5, 5.41) is 9.01. The van der Waals surface area contributed by atoms with Gasteiger partial charge in [-0.2, -0.15) is 0 Å². The van der Waals surface area contributed by atoms with E-state index < -0.39 is 0 Å². The summed E-state index contributed by atoms with van der Waals surface area (Å²) in [7, 11) is 0. The predicted octanol–water partition coefficient (Wildman–Crippen LogP) is 0.500. The van der Waals surface area contributed by atoms with Gasteiger partial charge in [-0.1, -0.05) is 18.2 Å². The molecule has 2 rings (SSSR count). The van der Waals surface area contributed by atoms with Gasteiger partial charge in [-0.25, -0.2) is 4.99 Å². The standard InChI is InChI=1S/C18H25N5O2/c1-3-9-21-18(19-4-2)22-12-14-5-7-15(8-6-14)17(25)23-11-10-20-16(24)13-23/h3,5-8H,1,4,9-13H2,2H3,(H,20,24)(H2,19,21,22). The molecule has 2 amide bonds. The third kappa shape index (κ3) is 5.63. The Morgan fingerprint density at radius 1 is 1.36 bits per heavy atom. The Balaban J connectivity index is 1.97. The Kier molecular flexibility index (Phi) is 7.00. The number of amides is 2. The van der Waals surface area contributed by atoms with Gasteiger partial charge in [-0.15, -0.1) is 6.58 Å². The summed E-state index contributed by atoms with van der Waals surface area (Å²) in [6.45, 7) is 8.77. The zero-order chi connectivity index (χ0) is 18.1. The summed E-state index contributed by atoms with van der Waals surface area (Å²) < 4.78 is 0. The molecule has 1 aliphatic heterocycles. The van der Waals surface area contributed by atoms with Crippen molar-refractivity contribution in [3.05, 3.63) is 48.0 Å². The molecule has 3 N–H and O–H groups in total. The molecule has 0 spiro atoms. The van der Waals surface area contributed by atoms with Crippen molar-refractivity contribution in [1.29, 1.82) is 0 Å². The van der Waals surface area contributed by atoms with E-state index in [0.29, 0.717) is 31.7 Å². The van der Waals surface area contributed by atoms with Crippen LogP contribution in [0.25, 0.3) is 0 Å². The van der Waals surface area contributed by atoms with Crippen LogP contribution in [0, 0.1) is 0 Å². The van der Waals surface area contributed by atoms with E-state index in [-0.39, 0.29) is 18.4 Å². The second kappa shape index (κ2) is 9.46. The van der Waals surface area contributed by atoms with E-state index in [1.165, 1.54) is 0 Å². The number of hydrogen-bond acceptors (Lipinski definition) is 3. The van der Waals surface area contributed by atoms with E-state index in [2.05, 4.69) is 27.5 Å². The van der Waals surface area contributed by atoms with E-state index in [1.54, 1.807) is 23.1 Å². The molecule has 1 heterocycles.